The fourth-order valence-corrected chi connectivity index (χ4v) is 2.66. The van der Waals surface area contributed by atoms with Crippen LogP contribution >= 0.6 is 22.9 Å². The molecule has 6 heteroatoms. The molecule has 4 N–H and O–H groups in total. The number of halogens is 1. The van der Waals surface area contributed by atoms with Gasteiger partial charge in [0.1, 0.15) is 0 Å². The molecule has 2 amide bonds. The second kappa shape index (κ2) is 5.95. The topological polar surface area (TPSA) is 67.2 Å². The highest BCUT2D eigenvalue weighted by Crippen LogP contribution is 2.27. The van der Waals surface area contributed by atoms with Gasteiger partial charge in [-0.15, -0.1) is 11.3 Å². The SMILES string of the molecule is CC(Nc1ccc(NC(N)=O)cc1)c1csc(Cl)c1. The van der Waals surface area contributed by atoms with Gasteiger partial charge in [0.25, 0.3) is 0 Å². The Hall–Kier alpha value is -1.72. The summed E-state index contributed by atoms with van der Waals surface area (Å²) in [5.74, 6) is 0. The standard InChI is InChI=1S/C13H14ClN3OS/c1-8(9-6-12(14)19-7-9)16-10-2-4-11(5-3-10)17-13(15)18/h2-8,16H,1H3,(H3,15,17,18). The first-order chi connectivity index (χ1) is 9.04. The third-order valence-corrected chi connectivity index (χ3v) is 3.73. The van der Waals surface area contributed by atoms with Crippen LogP contribution in [0.5, 0.6) is 0 Å². The fourth-order valence-electron chi connectivity index (χ4n) is 1.68. The lowest BCUT2D eigenvalue weighted by Crippen LogP contribution is -2.19. The van der Waals surface area contributed by atoms with Crippen LogP contribution in [0.2, 0.25) is 4.34 Å². The number of benzene rings is 1. The molecule has 1 aromatic carbocycles. The van der Waals surface area contributed by atoms with Crippen molar-refractivity contribution in [1.82, 2.24) is 0 Å². The average molecular weight is 296 g/mol. The Balaban J connectivity index is 2.01. The normalized spacial score (nSPS) is 11.9. The monoisotopic (exact) mass is 295 g/mol. The van der Waals surface area contributed by atoms with E-state index in [1.807, 2.05) is 23.6 Å². The van der Waals surface area contributed by atoms with Crippen molar-refractivity contribution in [2.75, 3.05) is 10.6 Å². The molecular weight excluding hydrogens is 282 g/mol. The van der Waals surface area contributed by atoms with Gasteiger partial charge in [0.2, 0.25) is 0 Å². The molecule has 0 aliphatic rings. The van der Waals surface area contributed by atoms with Crippen LogP contribution in [0.4, 0.5) is 16.2 Å². The van der Waals surface area contributed by atoms with Crippen molar-refractivity contribution in [2.45, 2.75) is 13.0 Å². The van der Waals surface area contributed by atoms with Crippen molar-refractivity contribution in [2.24, 2.45) is 5.73 Å². The van der Waals surface area contributed by atoms with Gasteiger partial charge in [-0.3, -0.25) is 0 Å². The second-order valence-electron chi connectivity index (χ2n) is 4.12. The van der Waals surface area contributed by atoms with Crippen molar-refractivity contribution < 1.29 is 4.79 Å². The van der Waals surface area contributed by atoms with Crippen LogP contribution in [0, 0.1) is 0 Å². The number of urea groups is 1. The smallest absolute Gasteiger partial charge is 0.316 e. The summed E-state index contributed by atoms with van der Waals surface area (Å²) in [5, 5.41) is 7.90. The first kappa shape index (κ1) is 13.7. The first-order valence-corrected chi connectivity index (χ1v) is 6.97. The van der Waals surface area contributed by atoms with Crippen LogP contribution in [-0.4, -0.2) is 6.03 Å². The van der Waals surface area contributed by atoms with Crippen LogP contribution in [0.25, 0.3) is 0 Å². The van der Waals surface area contributed by atoms with E-state index in [0.29, 0.717) is 5.69 Å². The predicted molar refractivity (Wildman–Crippen MR) is 81.0 cm³/mol. The minimum absolute atomic E-state index is 0.165. The Morgan fingerprint density at radius 1 is 1.32 bits per heavy atom. The van der Waals surface area contributed by atoms with E-state index in [1.54, 1.807) is 12.1 Å². The minimum Gasteiger partial charge on any atom is -0.378 e. The van der Waals surface area contributed by atoms with Gasteiger partial charge in [-0.25, -0.2) is 4.79 Å². The number of carbonyl (C=O) groups is 1. The quantitative estimate of drug-likeness (QED) is 0.796. The molecule has 0 bridgehead atoms. The summed E-state index contributed by atoms with van der Waals surface area (Å²) in [5.41, 5.74) is 7.83. The summed E-state index contributed by atoms with van der Waals surface area (Å²) in [6.45, 7) is 2.06. The van der Waals surface area contributed by atoms with Gasteiger partial charge in [0.15, 0.2) is 0 Å². The van der Waals surface area contributed by atoms with Crippen molar-refractivity contribution in [1.29, 1.82) is 0 Å². The maximum atomic E-state index is 10.7. The zero-order chi connectivity index (χ0) is 13.8. The summed E-state index contributed by atoms with van der Waals surface area (Å²) in [6.07, 6.45) is 0. The Morgan fingerprint density at radius 3 is 2.47 bits per heavy atom. The molecule has 0 radical (unpaired) electrons. The lowest BCUT2D eigenvalue weighted by Gasteiger charge is -2.14. The van der Waals surface area contributed by atoms with E-state index in [4.69, 9.17) is 17.3 Å². The number of nitrogens with two attached hydrogens (primary N) is 1. The van der Waals surface area contributed by atoms with Gasteiger partial charge in [-0.1, -0.05) is 11.6 Å². The third kappa shape index (κ3) is 3.87. The van der Waals surface area contributed by atoms with Crippen LogP contribution in [-0.2, 0) is 0 Å². The molecule has 4 nitrogen and oxygen atoms in total. The largest absolute Gasteiger partial charge is 0.378 e. The third-order valence-electron chi connectivity index (χ3n) is 2.62. The second-order valence-corrected chi connectivity index (χ2v) is 5.66. The Morgan fingerprint density at radius 2 is 1.95 bits per heavy atom. The van der Waals surface area contributed by atoms with Gasteiger partial charge >= 0.3 is 6.03 Å². The predicted octanol–water partition coefficient (Wildman–Crippen LogP) is 4.07. The molecule has 100 valence electrons. The van der Waals surface area contributed by atoms with Crippen molar-refractivity contribution in [3.63, 3.8) is 0 Å². The van der Waals surface area contributed by atoms with Gasteiger partial charge in [0, 0.05) is 17.4 Å². The molecule has 0 aliphatic heterocycles. The summed E-state index contributed by atoms with van der Waals surface area (Å²) < 4.78 is 0.782. The number of rotatable bonds is 4. The van der Waals surface area contributed by atoms with Crippen LogP contribution in [0.1, 0.15) is 18.5 Å². The summed E-state index contributed by atoms with van der Waals surface area (Å²) in [6, 6.07) is 8.90. The molecule has 0 fully saturated rings. The molecule has 0 spiro atoms. The molecular formula is C13H14ClN3OS. The number of nitrogens with one attached hydrogen (secondary N) is 2. The van der Waals surface area contributed by atoms with E-state index < -0.39 is 6.03 Å². The molecule has 1 atom stereocenters. The maximum Gasteiger partial charge on any atom is 0.316 e. The molecule has 0 saturated heterocycles. The minimum atomic E-state index is -0.568. The molecule has 1 aromatic heterocycles. The molecule has 0 saturated carbocycles. The molecule has 19 heavy (non-hydrogen) atoms. The molecule has 0 aliphatic carbocycles. The number of thiophene rings is 1. The first-order valence-electron chi connectivity index (χ1n) is 5.71. The number of hydrogen-bond acceptors (Lipinski definition) is 3. The highest BCUT2D eigenvalue weighted by atomic mass is 35.5. The molecule has 1 heterocycles. The van der Waals surface area contributed by atoms with Crippen molar-refractivity contribution in [3.8, 4) is 0 Å². The summed E-state index contributed by atoms with van der Waals surface area (Å²) >= 11 is 7.43. The van der Waals surface area contributed by atoms with Gasteiger partial charge in [-0.2, -0.15) is 0 Å². The van der Waals surface area contributed by atoms with E-state index in [2.05, 4.69) is 17.6 Å². The summed E-state index contributed by atoms with van der Waals surface area (Å²) in [4.78, 5) is 10.7. The number of hydrogen-bond donors (Lipinski definition) is 3. The van der Waals surface area contributed by atoms with E-state index in [1.165, 1.54) is 11.3 Å². The van der Waals surface area contributed by atoms with E-state index in [0.717, 1.165) is 15.6 Å². The van der Waals surface area contributed by atoms with Gasteiger partial charge < -0.3 is 16.4 Å². The van der Waals surface area contributed by atoms with E-state index in [-0.39, 0.29) is 6.04 Å². The zero-order valence-electron chi connectivity index (χ0n) is 10.3. The van der Waals surface area contributed by atoms with Crippen molar-refractivity contribution >= 4 is 40.3 Å². The fraction of sp³-hybridized carbons (Fsp3) is 0.154. The van der Waals surface area contributed by atoms with Crippen molar-refractivity contribution in [3.05, 3.63) is 45.6 Å². The van der Waals surface area contributed by atoms with Crippen LogP contribution < -0.4 is 16.4 Å². The highest BCUT2D eigenvalue weighted by molar-refractivity contribution is 7.14. The van der Waals surface area contributed by atoms with Crippen LogP contribution in [0.3, 0.4) is 0 Å². The lowest BCUT2D eigenvalue weighted by molar-refractivity contribution is 0.259. The van der Waals surface area contributed by atoms with Gasteiger partial charge in [0.05, 0.1) is 4.34 Å². The highest BCUT2D eigenvalue weighted by Gasteiger charge is 2.07. The average Bonchev–Trinajstić information content (AvgIpc) is 2.78. The Bertz CT molecular complexity index is 568. The summed E-state index contributed by atoms with van der Waals surface area (Å²) in [7, 11) is 0. The molecule has 1 unspecified atom stereocenters. The maximum absolute atomic E-state index is 10.7. The number of primary amides is 1. The number of amides is 2. The number of carbonyl (C=O) groups excluding carboxylic acids is 1. The molecule has 2 rings (SSSR count). The Kier molecular flexibility index (Phi) is 4.29. The van der Waals surface area contributed by atoms with E-state index in [9.17, 15) is 4.79 Å². The lowest BCUT2D eigenvalue weighted by atomic mass is 10.1. The molecule has 2 aromatic rings. The number of anilines is 2. The van der Waals surface area contributed by atoms with Gasteiger partial charge in [-0.05, 0) is 48.2 Å². The van der Waals surface area contributed by atoms with E-state index >= 15 is 0 Å². The van der Waals surface area contributed by atoms with Crippen LogP contribution in [0.15, 0.2) is 35.7 Å². The Labute approximate surface area is 120 Å². The zero-order valence-corrected chi connectivity index (χ0v) is 11.9.